The Morgan fingerprint density at radius 3 is 1.84 bits per heavy atom. The molecule has 0 heterocycles. The smallest absolute Gasteiger partial charge is 0.253 e. The van der Waals surface area contributed by atoms with Crippen LogP contribution in [0.3, 0.4) is 0 Å². The van der Waals surface area contributed by atoms with Gasteiger partial charge in [-0.1, -0.05) is 30.3 Å². The first-order valence-electron chi connectivity index (χ1n) is 11.0. The zero-order valence-corrected chi connectivity index (χ0v) is 18.2. The molecule has 5 heteroatoms. The summed E-state index contributed by atoms with van der Waals surface area (Å²) in [6.07, 6.45) is 4.25. The summed E-state index contributed by atoms with van der Waals surface area (Å²) in [6, 6.07) is 24.7. The molecule has 0 aromatic heterocycles. The van der Waals surface area contributed by atoms with Crippen LogP contribution in [0, 0.1) is 0 Å². The number of hydrogen-bond acceptors (Lipinski definition) is 3. The van der Waals surface area contributed by atoms with E-state index in [-0.39, 0.29) is 11.9 Å². The van der Waals surface area contributed by atoms with Gasteiger partial charge in [-0.2, -0.15) is 0 Å². The molecule has 0 saturated heterocycles. The van der Waals surface area contributed by atoms with Crippen molar-refractivity contribution < 1.29 is 14.3 Å². The fourth-order valence-electron chi connectivity index (χ4n) is 4.38. The van der Waals surface area contributed by atoms with Crippen LogP contribution in [0.25, 0.3) is 0 Å². The largest absolute Gasteiger partial charge is 0.457 e. The van der Waals surface area contributed by atoms with E-state index in [4.69, 9.17) is 10.5 Å². The molecular weight excluding hydrogens is 400 g/mol. The lowest BCUT2D eigenvalue weighted by Gasteiger charge is -2.35. The Bertz CT molecular complexity index is 1050. The van der Waals surface area contributed by atoms with Crippen LogP contribution in [0.4, 0.5) is 0 Å². The molecular formula is C27H28N2O3. The van der Waals surface area contributed by atoms with Crippen LogP contribution in [-0.4, -0.2) is 29.8 Å². The van der Waals surface area contributed by atoms with Gasteiger partial charge in [0, 0.05) is 24.2 Å². The summed E-state index contributed by atoms with van der Waals surface area (Å²) >= 11 is 0. The van der Waals surface area contributed by atoms with Gasteiger partial charge in [0.25, 0.3) is 5.91 Å². The molecule has 0 spiro atoms. The van der Waals surface area contributed by atoms with Crippen LogP contribution in [-0.2, 0) is 0 Å². The van der Waals surface area contributed by atoms with Gasteiger partial charge in [0.2, 0.25) is 5.91 Å². The van der Waals surface area contributed by atoms with Crippen LogP contribution < -0.4 is 10.5 Å². The normalized spacial score (nSPS) is 18.0. The topological polar surface area (TPSA) is 72.6 Å². The molecule has 2 amide bonds. The van der Waals surface area contributed by atoms with Crippen molar-refractivity contribution in [2.24, 2.45) is 5.73 Å². The van der Waals surface area contributed by atoms with Gasteiger partial charge >= 0.3 is 0 Å². The lowest BCUT2D eigenvalue weighted by Crippen LogP contribution is -2.39. The summed E-state index contributed by atoms with van der Waals surface area (Å²) in [4.78, 5) is 26.1. The molecule has 4 rings (SSSR count). The van der Waals surface area contributed by atoms with Gasteiger partial charge in [-0.3, -0.25) is 9.59 Å². The molecule has 0 atom stereocenters. The van der Waals surface area contributed by atoms with Crippen LogP contribution in [0.2, 0.25) is 0 Å². The average molecular weight is 429 g/mol. The number of amides is 2. The first-order chi connectivity index (χ1) is 15.5. The maximum absolute atomic E-state index is 13.0. The Labute approximate surface area is 188 Å². The maximum Gasteiger partial charge on any atom is 0.253 e. The predicted molar refractivity (Wildman–Crippen MR) is 125 cm³/mol. The molecule has 0 radical (unpaired) electrons. The summed E-state index contributed by atoms with van der Waals surface area (Å²) in [7, 11) is 1.90. The molecule has 1 fully saturated rings. The van der Waals surface area contributed by atoms with E-state index in [1.165, 1.54) is 5.56 Å². The molecule has 2 N–H and O–H groups in total. The molecule has 1 aliphatic carbocycles. The first kappa shape index (κ1) is 21.6. The molecule has 5 nitrogen and oxygen atoms in total. The lowest BCUT2D eigenvalue weighted by molar-refractivity contribution is 0.0689. The van der Waals surface area contributed by atoms with Crippen LogP contribution in [0.5, 0.6) is 11.5 Å². The molecule has 3 aromatic rings. The molecule has 3 aromatic carbocycles. The number of rotatable bonds is 6. The second kappa shape index (κ2) is 9.69. The first-order valence-corrected chi connectivity index (χ1v) is 11.0. The molecule has 0 bridgehead atoms. The Morgan fingerprint density at radius 2 is 1.31 bits per heavy atom. The molecule has 1 saturated carbocycles. The number of nitrogens with zero attached hydrogens (tertiary/aromatic N) is 1. The Morgan fingerprint density at radius 1 is 0.781 bits per heavy atom. The van der Waals surface area contributed by atoms with E-state index in [9.17, 15) is 9.59 Å². The predicted octanol–water partition coefficient (Wildman–Crippen LogP) is 5.38. The zero-order chi connectivity index (χ0) is 22.5. The summed E-state index contributed by atoms with van der Waals surface area (Å²) in [6.45, 7) is 0. The van der Waals surface area contributed by atoms with Gasteiger partial charge in [0.05, 0.1) is 0 Å². The quantitative estimate of drug-likeness (QED) is 0.573. The van der Waals surface area contributed by atoms with Crippen LogP contribution in [0.1, 0.15) is 57.9 Å². The van der Waals surface area contributed by atoms with Crippen molar-refractivity contribution in [1.29, 1.82) is 0 Å². The maximum atomic E-state index is 13.0. The number of carbonyl (C=O) groups is 2. The van der Waals surface area contributed by atoms with Gasteiger partial charge in [-0.15, -0.1) is 0 Å². The second-order valence-corrected chi connectivity index (χ2v) is 8.35. The van der Waals surface area contributed by atoms with Crippen molar-refractivity contribution in [3.8, 4) is 11.5 Å². The van der Waals surface area contributed by atoms with E-state index in [1.54, 1.807) is 48.5 Å². The van der Waals surface area contributed by atoms with Gasteiger partial charge in [-0.25, -0.2) is 0 Å². The SMILES string of the molecule is CN(C(=O)c1ccc(Oc2ccc(C(N)=O)cc2)cc1)C1CCC(c2ccccc2)CC1. The highest BCUT2D eigenvalue weighted by Gasteiger charge is 2.27. The molecule has 0 aliphatic heterocycles. The van der Waals surface area contributed by atoms with Crippen LogP contribution >= 0.6 is 0 Å². The zero-order valence-electron chi connectivity index (χ0n) is 18.2. The molecule has 164 valence electrons. The molecule has 32 heavy (non-hydrogen) atoms. The minimum absolute atomic E-state index is 0.0329. The summed E-state index contributed by atoms with van der Waals surface area (Å²) < 4.78 is 5.80. The van der Waals surface area contributed by atoms with Crippen LogP contribution in [0.15, 0.2) is 78.9 Å². The summed E-state index contributed by atoms with van der Waals surface area (Å²) in [5.74, 6) is 1.37. The minimum Gasteiger partial charge on any atom is -0.457 e. The van der Waals surface area contributed by atoms with E-state index >= 15 is 0 Å². The van der Waals surface area contributed by atoms with E-state index in [2.05, 4.69) is 30.3 Å². The average Bonchev–Trinajstić information content (AvgIpc) is 2.84. The standard InChI is InChI=1S/C27H28N2O3/c1-29(23-13-7-20(8-14-23)19-5-3-2-4-6-19)27(31)22-11-17-25(18-12-22)32-24-15-9-21(10-16-24)26(28)30/h2-6,9-12,15-18,20,23H,7-8,13-14H2,1H3,(H2,28,30). The van der Waals surface area contributed by atoms with Crippen molar-refractivity contribution in [1.82, 2.24) is 4.90 Å². The van der Waals surface area contributed by atoms with Gasteiger partial charge < -0.3 is 15.4 Å². The van der Waals surface area contributed by atoms with Crippen molar-refractivity contribution in [2.45, 2.75) is 37.6 Å². The van der Waals surface area contributed by atoms with E-state index < -0.39 is 5.91 Å². The highest BCUT2D eigenvalue weighted by atomic mass is 16.5. The van der Waals surface area contributed by atoms with E-state index in [0.717, 1.165) is 25.7 Å². The number of ether oxygens (including phenoxy) is 1. The number of primary amides is 1. The van der Waals surface area contributed by atoms with Crippen molar-refractivity contribution in [3.63, 3.8) is 0 Å². The van der Waals surface area contributed by atoms with Crippen molar-refractivity contribution in [2.75, 3.05) is 7.05 Å². The van der Waals surface area contributed by atoms with Crippen molar-refractivity contribution >= 4 is 11.8 Å². The molecule has 1 aliphatic rings. The fraction of sp³-hybridized carbons (Fsp3) is 0.259. The summed E-state index contributed by atoms with van der Waals surface area (Å²) in [5, 5.41) is 0. The van der Waals surface area contributed by atoms with Gasteiger partial charge in [0.15, 0.2) is 0 Å². The highest BCUT2D eigenvalue weighted by molar-refractivity contribution is 5.94. The number of hydrogen-bond donors (Lipinski definition) is 1. The number of benzene rings is 3. The van der Waals surface area contributed by atoms with E-state index in [1.807, 2.05) is 11.9 Å². The second-order valence-electron chi connectivity index (χ2n) is 8.35. The lowest BCUT2D eigenvalue weighted by atomic mass is 9.81. The monoisotopic (exact) mass is 428 g/mol. The Balaban J connectivity index is 1.33. The third kappa shape index (κ3) is 4.99. The number of nitrogens with two attached hydrogens (primary N) is 1. The summed E-state index contributed by atoms with van der Waals surface area (Å²) in [5.41, 5.74) is 7.74. The highest BCUT2D eigenvalue weighted by Crippen LogP contribution is 2.34. The fourth-order valence-corrected chi connectivity index (χ4v) is 4.38. The third-order valence-corrected chi connectivity index (χ3v) is 6.31. The third-order valence-electron chi connectivity index (χ3n) is 6.31. The van der Waals surface area contributed by atoms with Gasteiger partial charge in [-0.05, 0) is 85.7 Å². The van der Waals surface area contributed by atoms with Crippen molar-refractivity contribution in [3.05, 3.63) is 95.6 Å². The Hall–Kier alpha value is -3.60. The van der Waals surface area contributed by atoms with E-state index in [0.29, 0.717) is 28.5 Å². The minimum atomic E-state index is -0.475. The Kier molecular flexibility index (Phi) is 6.55. The van der Waals surface area contributed by atoms with Gasteiger partial charge in [0.1, 0.15) is 11.5 Å². The molecule has 0 unspecified atom stereocenters. The number of carbonyl (C=O) groups excluding carboxylic acids is 2.